The molecular weight excluding hydrogens is 450 g/mol. The maximum atomic E-state index is 12.3. The van der Waals surface area contributed by atoms with Crippen molar-refractivity contribution in [1.29, 1.82) is 0 Å². The minimum Gasteiger partial charge on any atom is -0.497 e. The van der Waals surface area contributed by atoms with Gasteiger partial charge in [-0.2, -0.15) is 5.10 Å². The molecule has 0 aliphatic carbocycles. The van der Waals surface area contributed by atoms with Crippen LogP contribution in [-0.2, 0) is 0 Å². The van der Waals surface area contributed by atoms with Crippen LogP contribution >= 0.6 is 15.9 Å². The molecule has 2 aromatic carbocycles. The van der Waals surface area contributed by atoms with Crippen LogP contribution in [-0.4, -0.2) is 43.5 Å². The van der Waals surface area contributed by atoms with Gasteiger partial charge in [-0.1, -0.05) is 33.8 Å². The number of nitrogens with zero attached hydrogens (tertiary/aromatic N) is 1. The summed E-state index contributed by atoms with van der Waals surface area (Å²) in [6.45, 7) is 0.424. The molecule has 8 heteroatoms. The van der Waals surface area contributed by atoms with Gasteiger partial charge < -0.3 is 19.5 Å². The first-order chi connectivity index (χ1) is 14.6. The summed E-state index contributed by atoms with van der Waals surface area (Å²) in [7, 11) is 3.16. The average molecular weight is 470 g/mol. The third-order valence-corrected chi connectivity index (χ3v) is 4.57. The minimum atomic E-state index is -0.308. The molecule has 3 rings (SSSR count). The van der Waals surface area contributed by atoms with E-state index in [0.29, 0.717) is 22.9 Å². The number of carbonyl (C=O) groups excluding carboxylic acids is 1. The molecule has 0 fully saturated rings. The lowest BCUT2D eigenvalue weighted by molar-refractivity contribution is 0.0953. The molecule has 0 spiro atoms. The predicted octanol–water partition coefficient (Wildman–Crippen LogP) is 3.67. The highest BCUT2D eigenvalue weighted by Crippen LogP contribution is 2.32. The maximum Gasteiger partial charge on any atom is 0.270 e. The van der Waals surface area contributed by atoms with Crippen molar-refractivity contribution in [3.63, 3.8) is 0 Å². The molecule has 0 saturated carbocycles. The zero-order valence-electron chi connectivity index (χ0n) is 16.5. The van der Waals surface area contributed by atoms with Crippen molar-refractivity contribution in [2.75, 3.05) is 27.4 Å². The number of amides is 1. The summed E-state index contributed by atoms with van der Waals surface area (Å²) >= 11 is 3.38. The summed E-state index contributed by atoms with van der Waals surface area (Å²) in [6, 6.07) is 14.5. The van der Waals surface area contributed by atoms with Crippen molar-refractivity contribution in [3.8, 4) is 40.3 Å². The molecule has 0 radical (unpaired) electrons. The Labute approximate surface area is 182 Å². The van der Waals surface area contributed by atoms with E-state index in [1.54, 1.807) is 38.5 Å². The molecule has 0 atom stereocenters. The Morgan fingerprint density at radius 1 is 1.10 bits per heavy atom. The molecular formula is C22H20BrN3O4. The number of nitrogens with one attached hydrogen (secondary N) is 2. The lowest BCUT2D eigenvalue weighted by Crippen LogP contribution is -2.24. The molecule has 30 heavy (non-hydrogen) atoms. The van der Waals surface area contributed by atoms with Gasteiger partial charge in [0, 0.05) is 10.0 Å². The Hall–Kier alpha value is -3.44. The largest absolute Gasteiger partial charge is 0.497 e. The number of hydrogen-bond acceptors (Lipinski definition) is 5. The molecule has 3 aromatic rings. The van der Waals surface area contributed by atoms with Crippen LogP contribution in [0, 0.1) is 11.8 Å². The van der Waals surface area contributed by atoms with Crippen LogP contribution in [0.5, 0.6) is 17.2 Å². The van der Waals surface area contributed by atoms with Crippen molar-refractivity contribution in [1.82, 2.24) is 15.5 Å². The highest BCUT2D eigenvalue weighted by Gasteiger charge is 2.14. The van der Waals surface area contributed by atoms with E-state index in [1.807, 2.05) is 24.3 Å². The smallest absolute Gasteiger partial charge is 0.270 e. The normalized spacial score (nSPS) is 9.97. The lowest BCUT2D eigenvalue weighted by Gasteiger charge is -2.08. The molecule has 1 amide bonds. The van der Waals surface area contributed by atoms with Gasteiger partial charge in [-0.15, -0.1) is 0 Å². The van der Waals surface area contributed by atoms with Crippen molar-refractivity contribution >= 4 is 21.8 Å². The quantitative estimate of drug-likeness (QED) is 0.515. The zero-order valence-corrected chi connectivity index (χ0v) is 18.1. The Bertz CT molecular complexity index is 1090. The topological polar surface area (TPSA) is 85.5 Å². The van der Waals surface area contributed by atoms with Crippen LogP contribution in [0.15, 0.2) is 53.0 Å². The first kappa shape index (κ1) is 21.3. The standard InChI is InChI=1S/C22H20BrN3O4/c1-28-16-8-9-21(29-2)18(13-16)19-14-20(26-25-19)22(27)24-10-3-4-11-30-17-7-5-6-15(23)12-17/h5-9,12-14H,10-11H2,1-2H3,(H,24,27)(H,25,26). The third kappa shape index (κ3) is 5.55. The number of aromatic amines is 1. The van der Waals surface area contributed by atoms with Crippen LogP contribution in [0.25, 0.3) is 11.3 Å². The van der Waals surface area contributed by atoms with Gasteiger partial charge in [-0.3, -0.25) is 9.89 Å². The van der Waals surface area contributed by atoms with E-state index < -0.39 is 0 Å². The first-order valence-electron chi connectivity index (χ1n) is 9.01. The second-order valence-electron chi connectivity index (χ2n) is 6.02. The number of H-pyrrole nitrogens is 1. The second-order valence-corrected chi connectivity index (χ2v) is 6.93. The number of rotatable bonds is 7. The number of halogens is 1. The summed E-state index contributed by atoms with van der Waals surface area (Å²) in [5, 5.41) is 9.66. The van der Waals surface area contributed by atoms with Crippen LogP contribution in [0.3, 0.4) is 0 Å². The summed E-state index contributed by atoms with van der Waals surface area (Å²) < 4.78 is 17.1. The molecule has 0 aliphatic rings. The van der Waals surface area contributed by atoms with Gasteiger partial charge in [0.2, 0.25) is 0 Å². The summed E-state index contributed by atoms with van der Waals surface area (Å²) in [5.41, 5.74) is 1.61. The molecule has 7 nitrogen and oxygen atoms in total. The van der Waals surface area contributed by atoms with Crippen molar-refractivity contribution in [2.45, 2.75) is 0 Å². The zero-order chi connectivity index (χ0) is 21.3. The Balaban J connectivity index is 1.55. The summed E-state index contributed by atoms with van der Waals surface area (Å²) in [5.74, 6) is 7.43. The van der Waals surface area contributed by atoms with Crippen molar-refractivity contribution < 1.29 is 19.0 Å². The SMILES string of the molecule is COc1ccc(OC)c(-c2cc(C(=O)NCC#CCOc3cccc(Br)c3)[nH]n2)c1. The van der Waals surface area contributed by atoms with E-state index in [4.69, 9.17) is 14.2 Å². The predicted molar refractivity (Wildman–Crippen MR) is 117 cm³/mol. The van der Waals surface area contributed by atoms with Crippen LogP contribution in [0.4, 0.5) is 0 Å². The van der Waals surface area contributed by atoms with Crippen molar-refractivity contribution in [3.05, 3.63) is 58.7 Å². The minimum absolute atomic E-state index is 0.192. The molecule has 0 saturated heterocycles. The van der Waals surface area contributed by atoms with Gasteiger partial charge in [-0.25, -0.2) is 0 Å². The van der Waals surface area contributed by atoms with Gasteiger partial charge in [0.05, 0.1) is 26.5 Å². The van der Waals surface area contributed by atoms with Crippen LogP contribution in [0.1, 0.15) is 10.5 Å². The molecule has 1 aromatic heterocycles. The number of aromatic nitrogens is 2. The summed E-state index contributed by atoms with van der Waals surface area (Å²) in [4.78, 5) is 12.3. The first-order valence-corrected chi connectivity index (χ1v) is 9.80. The molecule has 0 bridgehead atoms. The van der Waals surface area contributed by atoms with Gasteiger partial charge in [0.25, 0.3) is 5.91 Å². The molecule has 2 N–H and O–H groups in total. The van der Waals surface area contributed by atoms with E-state index in [2.05, 4.69) is 43.3 Å². The number of ether oxygens (including phenoxy) is 3. The second kappa shape index (κ2) is 10.4. The Morgan fingerprint density at radius 3 is 2.73 bits per heavy atom. The average Bonchev–Trinajstić information content (AvgIpc) is 3.26. The summed E-state index contributed by atoms with van der Waals surface area (Å²) in [6.07, 6.45) is 0. The van der Waals surface area contributed by atoms with Crippen LogP contribution < -0.4 is 19.5 Å². The third-order valence-electron chi connectivity index (χ3n) is 4.07. The highest BCUT2D eigenvalue weighted by molar-refractivity contribution is 9.10. The van der Waals surface area contributed by atoms with Crippen molar-refractivity contribution in [2.24, 2.45) is 0 Å². The fraction of sp³-hybridized carbons (Fsp3) is 0.182. The van der Waals surface area contributed by atoms with Gasteiger partial charge in [0.15, 0.2) is 0 Å². The maximum absolute atomic E-state index is 12.3. The highest BCUT2D eigenvalue weighted by atomic mass is 79.9. The van der Waals surface area contributed by atoms with Gasteiger partial charge in [0.1, 0.15) is 29.5 Å². The molecule has 0 aliphatic heterocycles. The fourth-order valence-electron chi connectivity index (χ4n) is 2.60. The fourth-order valence-corrected chi connectivity index (χ4v) is 2.98. The Morgan fingerprint density at radius 2 is 1.97 bits per heavy atom. The number of carbonyl (C=O) groups is 1. The van der Waals surface area contributed by atoms with E-state index in [9.17, 15) is 4.79 Å². The number of hydrogen-bond donors (Lipinski definition) is 2. The van der Waals surface area contributed by atoms with E-state index >= 15 is 0 Å². The monoisotopic (exact) mass is 469 g/mol. The van der Waals surface area contributed by atoms with Gasteiger partial charge in [-0.05, 0) is 42.5 Å². The van der Waals surface area contributed by atoms with E-state index in [-0.39, 0.29) is 19.1 Å². The van der Waals surface area contributed by atoms with Gasteiger partial charge >= 0.3 is 0 Å². The lowest BCUT2D eigenvalue weighted by atomic mass is 10.1. The number of benzene rings is 2. The molecule has 1 heterocycles. The van der Waals surface area contributed by atoms with Crippen LogP contribution in [0.2, 0.25) is 0 Å². The number of methoxy groups -OCH3 is 2. The Kier molecular flexibility index (Phi) is 7.35. The molecule has 0 unspecified atom stereocenters. The van der Waals surface area contributed by atoms with E-state index in [1.165, 1.54) is 0 Å². The van der Waals surface area contributed by atoms with E-state index in [0.717, 1.165) is 15.8 Å². The molecule has 154 valence electrons.